The molecule has 2 atom stereocenters. The molecule has 31 heavy (non-hydrogen) atoms. The third kappa shape index (κ3) is 6.76. The van der Waals surface area contributed by atoms with Gasteiger partial charge < -0.3 is 14.6 Å². The van der Waals surface area contributed by atoms with Crippen LogP contribution in [0.5, 0.6) is 5.75 Å². The summed E-state index contributed by atoms with van der Waals surface area (Å²) in [6, 6.07) is 12.0. The molecule has 0 saturated carbocycles. The minimum atomic E-state index is -3.68. The fourth-order valence-corrected chi connectivity index (χ4v) is 5.58. The normalized spacial score (nSPS) is 18.2. The Morgan fingerprint density at radius 2 is 1.94 bits per heavy atom. The quantitative estimate of drug-likeness (QED) is 0.415. The molecular weight excluding hydrogens is 482 g/mol. The number of sulfonamides is 1. The number of hydrogen-bond donors (Lipinski definition) is 2. The molecule has 2 unspecified atom stereocenters. The molecule has 0 fully saturated rings. The van der Waals surface area contributed by atoms with E-state index in [0.29, 0.717) is 16.6 Å². The highest BCUT2D eigenvalue weighted by Crippen LogP contribution is 2.35. The average molecular weight is 512 g/mol. The Balaban J connectivity index is 1.82. The van der Waals surface area contributed by atoms with Gasteiger partial charge in [0.25, 0.3) is 0 Å². The zero-order valence-electron chi connectivity index (χ0n) is 18.1. The number of ether oxygens (including phenoxy) is 2. The zero-order valence-corrected chi connectivity index (χ0v) is 20.5. The van der Waals surface area contributed by atoms with Gasteiger partial charge >= 0.3 is 0 Å². The number of nitrogens with one attached hydrogen (secondary N) is 1. The van der Waals surface area contributed by atoms with Gasteiger partial charge in [0.15, 0.2) is 6.29 Å². The van der Waals surface area contributed by atoms with Gasteiger partial charge in [-0.25, -0.2) is 13.1 Å². The highest BCUT2D eigenvalue weighted by molar-refractivity contribution is 9.10. The van der Waals surface area contributed by atoms with E-state index >= 15 is 0 Å². The lowest BCUT2D eigenvalue weighted by molar-refractivity contribution is -0.178. The monoisotopic (exact) mass is 511 g/mol. The van der Waals surface area contributed by atoms with E-state index in [2.05, 4.69) is 20.7 Å². The largest absolute Gasteiger partial charge is 0.488 e. The zero-order chi connectivity index (χ0) is 22.6. The van der Waals surface area contributed by atoms with E-state index in [-0.39, 0.29) is 17.5 Å². The second kappa shape index (κ2) is 10.0. The van der Waals surface area contributed by atoms with Crippen molar-refractivity contribution in [2.24, 2.45) is 0 Å². The highest BCUT2D eigenvalue weighted by Gasteiger charge is 2.27. The van der Waals surface area contributed by atoms with Crippen molar-refractivity contribution in [1.29, 1.82) is 0 Å². The SMILES string of the molecule is CC(C)(C)OC(O)COc1cccc2c1CCCCC2NS(=O)(=O)c1cccc(Br)c1. The molecule has 0 bridgehead atoms. The van der Waals surface area contributed by atoms with Gasteiger partial charge in [0, 0.05) is 10.5 Å². The van der Waals surface area contributed by atoms with Crippen molar-refractivity contribution in [3.8, 4) is 5.75 Å². The summed E-state index contributed by atoms with van der Waals surface area (Å²) in [4.78, 5) is 0.225. The number of aliphatic hydroxyl groups is 1. The lowest BCUT2D eigenvalue weighted by Crippen LogP contribution is -2.31. The molecule has 0 heterocycles. The molecule has 2 aromatic carbocycles. The Hall–Kier alpha value is -1.45. The summed E-state index contributed by atoms with van der Waals surface area (Å²) in [6.07, 6.45) is 2.28. The van der Waals surface area contributed by atoms with Crippen molar-refractivity contribution in [1.82, 2.24) is 4.72 Å². The van der Waals surface area contributed by atoms with Gasteiger partial charge in [0.1, 0.15) is 12.4 Å². The van der Waals surface area contributed by atoms with Crippen LogP contribution in [0.15, 0.2) is 51.8 Å². The van der Waals surface area contributed by atoms with E-state index in [1.54, 1.807) is 24.3 Å². The van der Waals surface area contributed by atoms with E-state index in [1.807, 2.05) is 39.0 Å². The number of benzene rings is 2. The number of aliphatic hydroxyl groups excluding tert-OH is 1. The van der Waals surface area contributed by atoms with E-state index in [9.17, 15) is 13.5 Å². The molecule has 0 aliphatic heterocycles. The highest BCUT2D eigenvalue weighted by atomic mass is 79.9. The second-order valence-electron chi connectivity index (χ2n) is 8.70. The van der Waals surface area contributed by atoms with Crippen LogP contribution in [0.25, 0.3) is 0 Å². The summed E-state index contributed by atoms with van der Waals surface area (Å²) in [7, 11) is -3.68. The standard InChI is InChI=1S/C23H30BrNO5S/c1-23(2,3)30-22(26)15-29-21-13-7-11-18-19(21)10-4-5-12-20(18)25-31(27,28)17-9-6-8-16(24)14-17/h6-9,11,13-14,20,22,25-26H,4-5,10,12,15H2,1-3H3. The molecule has 6 nitrogen and oxygen atoms in total. The summed E-state index contributed by atoms with van der Waals surface area (Å²) >= 11 is 3.34. The van der Waals surface area contributed by atoms with Crippen LogP contribution in [-0.4, -0.2) is 32.0 Å². The smallest absolute Gasteiger partial charge is 0.241 e. The molecule has 0 saturated heterocycles. The molecule has 0 radical (unpaired) electrons. The summed E-state index contributed by atoms with van der Waals surface area (Å²) in [5.41, 5.74) is 1.41. The summed E-state index contributed by atoms with van der Waals surface area (Å²) in [5, 5.41) is 10.1. The molecule has 2 N–H and O–H groups in total. The van der Waals surface area contributed by atoms with Gasteiger partial charge in [0.05, 0.1) is 10.5 Å². The first-order chi connectivity index (χ1) is 14.5. The van der Waals surface area contributed by atoms with Crippen LogP contribution in [0, 0.1) is 0 Å². The maximum atomic E-state index is 13.0. The minimum Gasteiger partial charge on any atom is -0.488 e. The van der Waals surface area contributed by atoms with Crippen LogP contribution in [0.3, 0.4) is 0 Å². The van der Waals surface area contributed by atoms with Gasteiger partial charge in [-0.05, 0) is 75.4 Å². The Kier molecular flexibility index (Phi) is 7.81. The molecule has 1 aliphatic carbocycles. The van der Waals surface area contributed by atoms with E-state index in [0.717, 1.165) is 30.4 Å². The average Bonchev–Trinajstić information content (AvgIpc) is 2.87. The molecule has 0 amide bonds. The number of hydrogen-bond acceptors (Lipinski definition) is 5. The second-order valence-corrected chi connectivity index (χ2v) is 11.3. The molecule has 1 aliphatic rings. The Morgan fingerprint density at radius 1 is 1.19 bits per heavy atom. The molecule has 0 spiro atoms. The van der Waals surface area contributed by atoms with Crippen LogP contribution in [0.2, 0.25) is 0 Å². The lowest BCUT2D eigenvalue weighted by Gasteiger charge is -2.25. The third-order valence-electron chi connectivity index (χ3n) is 4.99. The van der Waals surface area contributed by atoms with Crippen molar-refractivity contribution in [3.63, 3.8) is 0 Å². The lowest BCUT2D eigenvalue weighted by atomic mass is 9.99. The van der Waals surface area contributed by atoms with Crippen LogP contribution >= 0.6 is 15.9 Å². The topological polar surface area (TPSA) is 84.9 Å². The van der Waals surface area contributed by atoms with Crippen molar-refractivity contribution >= 4 is 26.0 Å². The van der Waals surface area contributed by atoms with Crippen LogP contribution in [0.1, 0.15) is 57.2 Å². The van der Waals surface area contributed by atoms with Crippen LogP contribution < -0.4 is 9.46 Å². The Bertz CT molecular complexity index is 1000. The van der Waals surface area contributed by atoms with Crippen molar-refractivity contribution in [2.45, 2.75) is 69.3 Å². The Morgan fingerprint density at radius 3 is 2.65 bits per heavy atom. The number of rotatable bonds is 7. The first kappa shape index (κ1) is 24.2. The molecule has 0 aromatic heterocycles. The summed E-state index contributed by atoms with van der Waals surface area (Å²) in [6.45, 7) is 5.61. The Labute approximate surface area is 193 Å². The maximum Gasteiger partial charge on any atom is 0.241 e. The summed E-state index contributed by atoms with van der Waals surface area (Å²) in [5.74, 6) is 0.655. The van der Waals surface area contributed by atoms with E-state index in [1.165, 1.54) is 0 Å². The predicted octanol–water partition coefficient (Wildman–Crippen LogP) is 4.71. The van der Waals surface area contributed by atoms with E-state index in [4.69, 9.17) is 9.47 Å². The van der Waals surface area contributed by atoms with Gasteiger partial charge in [-0.15, -0.1) is 0 Å². The first-order valence-corrected chi connectivity index (χ1v) is 12.7. The number of halogens is 1. The minimum absolute atomic E-state index is 0.00214. The fraction of sp³-hybridized carbons (Fsp3) is 0.478. The van der Waals surface area contributed by atoms with Crippen LogP contribution in [-0.2, 0) is 21.2 Å². The molecular formula is C23H30BrNO5S. The van der Waals surface area contributed by atoms with Crippen LogP contribution in [0.4, 0.5) is 0 Å². The van der Waals surface area contributed by atoms with Crippen molar-refractivity contribution < 1.29 is 23.0 Å². The molecule has 8 heteroatoms. The molecule has 170 valence electrons. The van der Waals surface area contributed by atoms with Crippen molar-refractivity contribution in [2.75, 3.05) is 6.61 Å². The maximum absolute atomic E-state index is 13.0. The number of fused-ring (bicyclic) bond motifs is 1. The predicted molar refractivity (Wildman–Crippen MR) is 124 cm³/mol. The fourth-order valence-electron chi connectivity index (χ4n) is 3.73. The molecule has 2 aromatic rings. The van der Waals surface area contributed by atoms with Gasteiger partial charge in [-0.1, -0.05) is 40.5 Å². The van der Waals surface area contributed by atoms with E-state index < -0.39 is 21.9 Å². The van der Waals surface area contributed by atoms with Gasteiger partial charge in [0.2, 0.25) is 10.0 Å². The van der Waals surface area contributed by atoms with Gasteiger partial charge in [-0.2, -0.15) is 0 Å². The summed E-state index contributed by atoms with van der Waals surface area (Å²) < 4.78 is 41.0. The van der Waals surface area contributed by atoms with Crippen molar-refractivity contribution in [3.05, 3.63) is 58.1 Å². The first-order valence-electron chi connectivity index (χ1n) is 10.4. The van der Waals surface area contributed by atoms with Gasteiger partial charge in [-0.3, -0.25) is 0 Å². The third-order valence-corrected chi connectivity index (χ3v) is 6.95. The molecule has 3 rings (SSSR count).